The van der Waals surface area contributed by atoms with Crippen LogP contribution in [0.4, 0.5) is 5.69 Å². The van der Waals surface area contributed by atoms with Gasteiger partial charge in [-0.3, -0.25) is 9.59 Å². The summed E-state index contributed by atoms with van der Waals surface area (Å²) in [6.45, 7) is 4.42. The van der Waals surface area contributed by atoms with Gasteiger partial charge in [0.1, 0.15) is 5.69 Å². The van der Waals surface area contributed by atoms with Crippen LogP contribution in [0.1, 0.15) is 39.0 Å². The van der Waals surface area contributed by atoms with Crippen molar-refractivity contribution in [2.75, 3.05) is 18.2 Å². The van der Waals surface area contributed by atoms with E-state index >= 15 is 0 Å². The minimum Gasteiger partial charge on any atom is -0.451 e. The molecule has 0 aliphatic carbocycles. The SMILES string of the molecule is CSc1cccc(NC(=O)COC(=O)c2[nH]c(C)c(C(C)=O)c2C)c1. The topological polar surface area (TPSA) is 88.3 Å². The van der Waals surface area contributed by atoms with Crippen molar-refractivity contribution in [3.8, 4) is 0 Å². The molecule has 0 spiro atoms. The van der Waals surface area contributed by atoms with Gasteiger partial charge < -0.3 is 15.0 Å². The zero-order valence-corrected chi connectivity index (χ0v) is 15.4. The molecule has 0 aliphatic rings. The molecule has 1 aromatic heterocycles. The molecule has 0 saturated carbocycles. The number of ether oxygens (including phenoxy) is 1. The Bertz CT molecular complexity index is 826. The Morgan fingerprint density at radius 3 is 2.56 bits per heavy atom. The Kier molecular flexibility index (Phi) is 6.03. The minimum absolute atomic E-state index is 0.128. The number of carbonyl (C=O) groups is 3. The number of aromatic nitrogens is 1. The zero-order chi connectivity index (χ0) is 18.6. The van der Waals surface area contributed by atoms with E-state index in [0.717, 1.165) is 4.90 Å². The molecule has 132 valence electrons. The van der Waals surface area contributed by atoms with E-state index in [4.69, 9.17) is 4.74 Å². The Morgan fingerprint density at radius 1 is 1.24 bits per heavy atom. The van der Waals surface area contributed by atoms with E-state index in [2.05, 4.69) is 10.3 Å². The van der Waals surface area contributed by atoms with Gasteiger partial charge in [-0.1, -0.05) is 6.07 Å². The fourth-order valence-electron chi connectivity index (χ4n) is 2.58. The largest absolute Gasteiger partial charge is 0.451 e. The number of hydrogen-bond acceptors (Lipinski definition) is 5. The molecule has 1 amide bonds. The van der Waals surface area contributed by atoms with Crippen LogP contribution in [0.25, 0.3) is 0 Å². The third-order valence-corrected chi connectivity index (χ3v) is 4.41. The first-order valence-electron chi connectivity index (χ1n) is 7.64. The van der Waals surface area contributed by atoms with Gasteiger partial charge in [-0.05, 0) is 50.8 Å². The number of Topliss-reactive ketones (excluding diaryl/α,β-unsaturated/α-hetero) is 1. The van der Waals surface area contributed by atoms with Crippen LogP contribution in [0.2, 0.25) is 0 Å². The molecule has 0 saturated heterocycles. The molecule has 0 aliphatic heterocycles. The smallest absolute Gasteiger partial charge is 0.355 e. The number of thioether (sulfide) groups is 1. The predicted molar refractivity (Wildman–Crippen MR) is 97.4 cm³/mol. The van der Waals surface area contributed by atoms with Crippen LogP contribution in [-0.4, -0.2) is 35.5 Å². The second-order valence-electron chi connectivity index (χ2n) is 5.54. The molecule has 7 heteroatoms. The predicted octanol–water partition coefficient (Wildman–Crippen LogP) is 3.35. The van der Waals surface area contributed by atoms with Gasteiger partial charge >= 0.3 is 5.97 Å². The molecule has 1 heterocycles. The number of carbonyl (C=O) groups excluding carboxylic acids is 3. The fraction of sp³-hybridized carbons (Fsp3) is 0.278. The minimum atomic E-state index is -0.666. The summed E-state index contributed by atoms with van der Waals surface area (Å²) < 4.78 is 5.05. The summed E-state index contributed by atoms with van der Waals surface area (Å²) >= 11 is 1.56. The summed E-state index contributed by atoms with van der Waals surface area (Å²) in [7, 11) is 0. The number of amides is 1. The lowest BCUT2D eigenvalue weighted by molar-refractivity contribution is -0.119. The number of aromatic amines is 1. The molecule has 0 fully saturated rings. The number of anilines is 1. The van der Waals surface area contributed by atoms with E-state index < -0.39 is 18.5 Å². The van der Waals surface area contributed by atoms with Crippen LogP contribution in [-0.2, 0) is 9.53 Å². The van der Waals surface area contributed by atoms with Crippen LogP contribution in [0, 0.1) is 13.8 Å². The molecule has 2 aromatic rings. The average Bonchev–Trinajstić information content (AvgIpc) is 2.87. The highest BCUT2D eigenvalue weighted by Crippen LogP contribution is 2.20. The lowest BCUT2D eigenvalue weighted by Crippen LogP contribution is -2.21. The molecule has 0 unspecified atom stereocenters. The van der Waals surface area contributed by atoms with Gasteiger partial charge in [0.05, 0.1) is 0 Å². The van der Waals surface area contributed by atoms with Crippen molar-refractivity contribution >= 4 is 35.1 Å². The Morgan fingerprint density at radius 2 is 1.96 bits per heavy atom. The van der Waals surface area contributed by atoms with Gasteiger partial charge in [-0.15, -0.1) is 11.8 Å². The molecule has 2 rings (SSSR count). The van der Waals surface area contributed by atoms with Crippen molar-refractivity contribution in [2.24, 2.45) is 0 Å². The van der Waals surface area contributed by atoms with Crippen LogP contribution in [0.3, 0.4) is 0 Å². The molecule has 0 atom stereocenters. The quantitative estimate of drug-likeness (QED) is 0.468. The standard InChI is InChI=1S/C18H20N2O4S/c1-10-16(12(3)21)11(2)19-17(10)18(23)24-9-15(22)20-13-6-5-7-14(8-13)25-4/h5-8,19H,9H2,1-4H3,(H,20,22). The number of rotatable bonds is 6. The monoisotopic (exact) mass is 360 g/mol. The number of aryl methyl sites for hydroxylation is 1. The Labute approximate surface area is 150 Å². The molecular formula is C18H20N2O4S. The summed E-state index contributed by atoms with van der Waals surface area (Å²) in [5, 5.41) is 2.68. The first kappa shape index (κ1) is 18.8. The van der Waals surface area contributed by atoms with Crippen molar-refractivity contribution in [3.05, 3.63) is 46.8 Å². The average molecular weight is 360 g/mol. The Balaban J connectivity index is 1.99. The number of nitrogens with one attached hydrogen (secondary N) is 2. The van der Waals surface area contributed by atoms with Gasteiger partial charge in [0, 0.05) is 21.8 Å². The maximum absolute atomic E-state index is 12.2. The normalized spacial score (nSPS) is 10.4. The van der Waals surface area contributed by atoms with Gasteiger partial charge in [-0.2, -0.15) is 0 Å². The molecule has 0 bridgehead atoms. The summed E-state index contributed by atoms with van der Waals surface area (Å²) in [5.74, 6) is -1.22. The number of benzene rings is 1. The third kappa shape index (κ3) is 4.51. The van der Waals surface area contributed by atoms with Crippen LogP contribution in [0.15, 0.2) is 29.2 Å². The van der Waals surface area contributed by atoms with Gasteiger partial charge in [-0.25, -0.2) is 4.79 Å². The highest BCUT2D eigenvalue weighted by Gasteiger charge is 2.21. The highest BCUT2D eigenvalue weighted by molar-refractivity contribution is 7.98. The molecule has 25 heavy (non-hydrogen) atoms. The number of ketones is 1. The van der Waals surface area contributed by atoms with Crippen LogP contribution >= 0.6 is 11.8 Å². The van der Waals surface area contributed by atoms with E-state index in [1.165, 1.54) is 6.92 Å². The van der Waals surface area contributed by atoms with E-state index in [9.17, 15) is 14.4 Å². The molecular weight excluding hydrogens is 340 g/mol. The molecule has 0 radical (unpaired) electrons. The van der Waals surface area contributed by atoms with Gasteiger partial charge in [0.2, 0.25) is 0 Å². The van der Waals surface area contributed by atoms with Gasteiger partial charge in [0.25, 0.3) is 5.91 Å². The molecule has 6 nitrogen and oxygen atoms in total. The number of esters is 1. The van der Waals surface area contributed by atoms with Crippen LogP contribution < -0.4 is 5.32 Å². The first-order valence-corrected chi connectivity index (χ1v) is 8.87. The summed E-state index contributed by atoms with van der Waals surface area (Å²) in [6.07, 6.45) is 1.94. The molecule has 1 aromatic carbocycles. The second-order valence-corrected chi connectivity index (χ2v) is 6.42. The van der Waals surface area contributed by atoms with Crippen molar-refractivity contribution in [1.29, 1.82) is 0 Å². The first-order chi connectivity index (χ1) is 11.8. The third-order valence-electron chi connectivity index (χ3n) is 3.68. The highest BCUT2D eigenvalue weighted by atomic mass is 32.2. The van der Waals surface area contributed by atoms with Crippen molar-refractivity contribution in [1.82, 2.24) is 4.98 Å². The number of H-pyrrole nitrogens is 1. The maximum Gasteiger partial charge on any atom is 0.355 e. The van der Waals surface area contributed by atoms with E-state index in [1.54, 1.807) is 31.7 Å². The maximum atomic E-state index is 12.2. The zero-order valence-electron chi connectivity index (χ0n) is 14.6. The van der Waals surface area contributed by atoms with Crippen LogP contribution in [0.5, 0.6) is 0 Å². The second kappa shape index (κ2) is 8.02. The fourth-order valence-corrected chi connectivity index (χ4v) is 3.04. The number of hydrogen-bond donors (Lipinski definition) is 2. The van der Waals surface area contributed by atoms with E-state index in [-0.39, 0.29) is 11.5 Å². The van der Waals surface area contributed by atoms with Crippen molar-refractivity contribution < 1.29 is 19.1 Å². The van der Waals surface area contributed by atoms with Crippen molar-refractivity contribution in [3.63, 3.8) is 0 Å². The summed E-state index contributed by atoms with van der Waals surface area (Å²) in [4.78, 5) is 39.6. The lowest BCUT2D eigenvalue weighted by Gasteiger charge is -2.07. The Hall–Kier alpha value is -2.54. The van der Waals surface area contributed by atoms with E-state index in [1.807, 2.05) is 24.5 Å². The molecule has 2 N–H and O–H groups in total. The van der Waals surface area contributed by atoms with Crippen molar-refractivity contribution in [2.45, 2.75) is 25.7 Å². The lowest BCUT2D eigenvalue weighted by atomic mass is 10.1. The summed E-state index contributed by atoms with van der Waals surface area (Å²) in [5.41, 5.74) is 2.45. The van der Waals surface area contributed by atoms with E-state index in [0.29, 0.717) is 22.5 Å². The summed E-state index contributed by atoms with van der Waals surface area (Å²) in [6, 6.07) is 7.37. The van der Waals surface area contributed by atoms with Gasteiger partial charge in [0.15, 0.2) is 12.4 Å².